The van der Waals surface area contributed by atoms with Gasteiger partial charge in [0.15, 0.2) is 0 Å². The molecule has 0 heterocycles. The molecule has 0 aliphatic carbocycles. The first-order chi connectivity index (χ1) is 7.70. The Morgan fingerprint density at radius 2 is 1.69 bits per heavy atom. The molecule has 0 spiro atoms. The molecule has 0 aromatic heterocycles. The first-order valence-electron chi connectivity index (χ1n) is 6.26. The zero-order valence-electron chi connectivity index (χ0n) is 10.4. The smallest absolute Gasteiger partial charge is 0.0512 e. The Morgan fingerprint density at radius 3 is 2.31 bits per heavy atom. The first kappa shape index (κ1) is 14.0. The first-order valence-corrected chi connectivity index (χ1v) is 7.21. The maximum atomic E-state index is 6.39. The molecule has 0 saturated heterocycles. The zero-order chi connectivity index (χ0) is 12.0. The Kier molecular flexibility index (Phi) is 6.39. The lowest BCUT2D eigenvalue weighted by molar-refractivity contribution is 0.759. The van der Waals surface area contributed by atoms with Crippen molar-refractivity contribution in [3.8, 4) is 0 Å². The molecule has 2 heteroatoms. The van der Waals surface area contributed by atoms with Crippen molar-refractivity contribution in [3.63, 3.8) is 0 Å². The van der Waals surface area contributed by atoms with E-state index in [4.69, 9.17) is 11.6 Å². The third-order valence-corrected chi connectivity index (χ3v) is 4.06. The molecule has 1 atom stereocenters. The van der Waals surface area contributed by atoms with Gasteiger partial charge in [-0.05, 0) is 42.1 Å². The van der Waals surface area contributed by atoms with Crippen LogP contribution in [0.5, 0.6) is 0 Å². The van der Waals surface area contributed by atoms with E-state index in [1.165, 1.54) is 43.2 Å². The van der Waals surface area contributed by atoms with Crippen molar-refractivity contribution < 1.29 is 0 Å². The highest BCUT2D eigenvalue weighted by molar-refractivity contribution is 7.28. The molecule has 16 heavy (non-hydrogen) atoms. The second kappa shape index (κ2) is 7.30. The topological polar surface area (TPSA) is 0 Å². The second-order valence-corrected chi connectivity index (χ2v) is 5.31. The van der Waals surface area contributed by atoms with Crippen LogP contribution in [0.2, 0.25) is 5.02 Å². The normalized spacial score (nSPS) is 10.8. The summed E-state index contributed by atoms with van der Waals surface area (Å²) < 4.78 is 0. The van der Waals surface area contributed by atoms with Crippen molar-refractivity contribution >= 4 is 26.1 Å². The number of aryl methyl sites for hydroxylation is 1. The van der Waals surface area contributed by atoms with Crippen molar-refractivity contribution in [2.75, 3.05) is 0 Å². The number of benzene rings is 1. The van der Waals surface area contributed by atoms with Crippen LogP contribution in [0.25, 0.3) is 0 Å². The summed E-state index contributed by atoms with van der Waals surface area (Å²) in [7, 11) is 2.73. The number of hydrogen-bond acceptors (Lipinski definition) is 0. The molecule has 0 N–H and O–H groups in total. The minimum atomic E-state index is 0.965. The van der Waals surface area contributed by atoms with E-state index in [0.717, 1.165) is 16.7 Å². The summed E-state index contributed by atoms with van der Waals surface area (Å²) in [6.45, 7) is 4.46. The summed E-state index contributed by atoms with van der Waals surface area (Å²) in [6, 6.07) is 4.36. The Labute approximate surface area is 107 Å². The molecule has 0 aliphatic heterocycles. The van der Waals surface area contributed by atoms with Crippen molar-refractivity contribution in [1.82, 2.24) is 0 Å². The lowest BCUT2D eigenvalue weighted by atomic mass is 9.98. The van der Waals surface area contributed by atoms with E-state index in [9.17, 15) is 0 Å². The second-order valence-electron chi connectivity index (χ2n) is 4.31. The van der Waals surface area contributed by atoms with Crippen LogP contribution in [0.4, 0.5) is 0 Å². The lowest BCUT2D eigenvalue weighted by Gasteiger charge is -2.13. The predicted molar refractivity (Wildman–Crippen MR) is 78.0 cm³/mol. The van der Waals surface area contributed by atoms with E-state index in [-0.39, 0.29) is 0 Å². The molecule has 90 valence electrons. The van der Waals surface area contributed by atoms with Gasteiger partial charge in [-0.25, -0.2) is 0 Å². The van der Waals surface area contributed by atoms with Gasteiger partial charge >= 0.3 is 0 Å². The average Bonchev–Trinajstić information content (AvgIpc) is 2.29. The van der Waals surface area contributed by atoms with Crippen LogP contribution < -0.4 is 5.30 Å². The molecule has 1 aromatic rings. The van der Waals surface area contributed by atoms with E-state index in [1.807, 2.05) is 0 Å². The van der Waals surface area contributed by atoms with E-state index in [0.29, 0.717) is 0 Å². The number of halogens is 1. The van der Waals surface area contributed by atoms with Gasteiger partial charge in [-0.2, -0.15) is 0 Å². The Balaban J connectivity index is 2.91. The SMILES string of the molecule is CCCCc1ccc(P)c(Cl)c1CCCC. The highest BCUT2D eigenvalue weighted by Crippen LogP contribution is 2.23. The molecular weight excluding hydrogens is 235 g/mol. The monoisotopic (exact) mass is 256 g/mol. The van der Waals surface area contributed by atoms with E-state index in [2.05, 4.69) is 35.2 Å². The van der Waals surface area contributed by atoms with Gasteiger partial charge in [0, 0.05) is 0 Å². The summed E-state index contributed by atoms with van der Waals surface area (Å²) in [5.74, 6) is 0. The molecule has 0 nitrogen and oxygen atoms in total. The van der Waals surface area contributed by atoms with Crippen LogP contribution in [0.15, 0.2) is 12.1 Å². The maximum absolute atomic E-state index is 6.39. The minimum absolute atomic E-state index is 0.965. The lowest BCUT2D eigenvalue weighted by Crippen LogP contribution is -2.03. The van der Waals surface area contributed by atoms with Gasteiger partial charge in [0.2, 0.25) is 0 Å². The quantitative estimate of drug-likeness (QED) is 0.656. The van der Waals surface area contributed by atoms with Crippen molar-refractivity contribution in [1.29, 1.82) is 0 Å². The molecule has 1 rings (SSSR count). The van der Waals surface area contributed by atoms with Gasteiger partial charge in [0.05, 0.1) is 5.02 Å². The largest absolute Gasteiger partial charge is 0.104 e. The average molecular weight is 257 g/mol. The highest BCUT2D eigenvalue weighted by Gasteiger charge is 2.08. The number of unbranched alkanes of at least 4 members (excludes halogenated alkanes) is 2. The zero-order valence-corrected chi connectivity index (χ0v) is 12.3. The van der Waals surface area contributed by atoms with Gasteiger partial charge in [0.25, 0.3) is 0 Å². The number of rotatable bonds is 6. The van der Waals surface area contributed by atoms with Gasteiger partial charge in [-0.1, -0.05) is 50.4 Å². The van der Waals surface area contributed by atoms with Crippen molar-refractivity contribution in [2.45, 2.75) is 52.4 Å². The maximum Gasteiger partial charge on any atom is 0.0512 e. The molecule has 0 saturated carbocycles. The Hall–Kier alpha value is -0.0600. The molecule has 0 fully saturated rings. The third-order valence-electron chi connectivity index (χ3n) is 2.95. The summed E-state index contributed by atoms with van der Waals surface area (Å²) in [5.41, 5.74) is 2.83. The van der Waals surface area contributed by atoms with Crippen LogP contribution in [0.1, 0.15) is 50.7 Å². The van der Waals surface area contributed by atoms with Crippen LogP contribution in [0, 0.1) is 0 Å². The predicted octanol–water partition coefficient (Wildman–Crippen LogP) is 4.53. The van der Waals surface area contributed by atoms with Gasteiger partial charge in [-0.15, -0.1) is 9.24 Å². The summed E-state index contributed by atoms with van der Waals surface area (Å²) >= 11 is 6.39. The minimum Gasteiger partial charge on any atom is -0.104 e. The standard InChI is InChI=1S/C14H22ClP/c1-3-5-7-11-9-10-13(16)14(15)12(11)8-6-4-2/h9-10H,3-8,16H2,1-2H3. The molecule has 0 bridgehead atoms. The van der Waals surface area contributed by atoms with E-state index >= 15 is 0 Å². The molecule has 0 radical (unpaired) electrons. The molecule has 1 unspecified atom stereocenters. The van der Waals surface area contributed by atoms with Gasteiger partial charge < -0.3 is 0 Å². The fourth-order valence-corrected chi connectivity index (χ4v) is 2.45. The van der Waals surface area contributed by atoms with E-state index < -0.39 is 0 Å². The Morgan fingerprint density at radius 1 is 1.06 bits per heavy atom. The summed E-state index contributed by atoms with van der Waals surface area (Å²) in [6.07, 6.45) is 7.24. The van der Waals surface area contributed by atoms with Crippen LogP contribution in [-0.2, 0) is 12.8 Å². The third kappa shape index (κ3) is 3.75. The fraction of sp³-hybridized carbons (Fsp3) is 0.571. The summed E-state index contributed by atoms with van der Waals surface area (Å²) in [5, 5.41) is 2.10. The van der Waals surface area contributed by atoms with Crippen LogP contribution in [-0.4, -0.2) is 0 Å². The van der Waals surface area contributed by atoms with Gasteiger partial charge in [-0.3, -0.25) is 0 Å². The van der Waals surface area contributed by atoms with Crippen LogP contribution in [0.3, 0.4) is 0 Å². The number of hydrogen-bond donors (Lipinski definition) is 0. The van der Waals surface area contributed by atoms with Crippen molar-refractivity contribution in [3.05, 3.63) is 28.3 Å². The van der Waals surface area contributed by atoms with Gasteiger partial charge in [0.1, 0.15) is 0 Å². The molecule has 0 aliphatic rings. The van der Waals surface area contributed by atoms with Crippen LogP contribution >= 0.6 is 20.8 Å². The summed E-state index contributed by atoms with van der Waals surface area (Å²) in [4.78, 5) is 0. The molecule has 1 aromatic carbocycles. The fourth-order valence-electron chi connectivity index (χ4n) is 1.90. The van der Waals surface area contributed by atoms with Crippen molar-refractivity contribution in [2.24, 2.45) is 0 Å². The highest BCUT2D eigenvalue weighted by atomic mass is 35.5. The van der Waals surface area contributed by atoms with E-state index in [1.54, 1.807) is 0 Å². The Bertz CT molecular complexity index is 334. The molecular formula is C14H22ClP. The molecule has 0 amide bonds.